The third-order valence-electron chi connectivity index (χ3n) is 4.54. The maximum absolute atomic E-state index is 12.3. The van der Waals surface area contributed by atoms with Crippen LogP contribution in [-0.2, 0) is 0 Å². The van der Waals surface area contributed by atoms with E-state index in [1.807, 2.05) is 50.3 Å². The summed E-state index contributed by atoms with van der Waals surface area (Å²) in [6.07, 6.45) is 5.39. The molecule has 0 spiro atoms. The fourth-order valence-electron chi connectivity index (χ4n) is 3.19. The lowest BCUT2D eigenvalue weighted by molar-refractivity contribution is 0.0653. The molecule has 158 valence electrons. The number of nitrogens with one attached hydrogen (secondary N) is 2. The van der Waals surface area contributed by atoms with Crippen molar-refractivity contribution in [1.82, 2.24) is 4.90 Å². The van der Waals surface area contributed by atoms with Crippen molar-refractivity contribution in [3.05, 3.63) is 84.1 Å². The van der Waals surface area contributed by atoms with Gasteiger partial charge >= 0.3 is 0 Å². The van der Waals surface area contributed by atoms with Crippen LogP contribution in [0.1, 0.15) is 54.3 Å². The Balaban J connectivity index is 0.00000155. The van der Waals surface area contributed by atoms with E-state index in [1.54, 1.807) is 24.3 Å². The summed E-state index contributed by atoms with van der Waals surface area (Å²) in [5, 5.41) is 6.60. The van der Waals surface area contributed by atoms with E-state index < -0.39 is 0 Å². The minimum absolute atomic E-state index is 0.198. The maximum Gasteiger partial charge on any atom is 0.261 e. The summed E-state index contributed by atoms with van der Waals surface area (Å²) in [7, 11) is 0. The van der Waals surface area contributed by atoms with Crippen molar-refractivity contribution in [2.24, 2.45) is 0 Å². The first kappa shape index (κ1) is 22.9. The molecule has 0 bridgehead atoms. The van der Waals surface area contributed by atoms with Crippen molar-refractivity contribution < 1.29 is 9.59 Å². The van der Waals surface area contributed by atoms with Gasteiger partial charge in [0.25, 0.3) is 11.8 Å². The number of para-hydroxylation sites is 2. The van der Waals surface area contributed by atoms with Crippen LogP contribution in [0.25, 0.3) is 0 Å². The van der Waals surface area contributed by atoms with Crippen LogP contribution in [0, 0.1) is 0 Å². The van der Waals surface area contributed by atoms with Gasteiger partial charge in [-0.1, -0.05) is 50.8 Å². The summed E-state index contributed by atoms with van der Waals surface area (Å²) in [6.45, 7) is 11.4. The van der Waals surface area contributed by atoms with Crippen molar-refractivity contribution in [2.45, 2.75) is 33.6 Å². The lowest BCUT2D eigenvalue weighted by Crippen LogP contribution is -2.30. The Morgan fingerprint density at radius 3 is 2.13 bits per heavy atom. The number of amides is 2. The van der Waals surface area contributed by atoms with Gasteiger partial charge in [0.2, 0.25) is 0 Å². The van der Waals surface area contributed by atoms with Gasteiger partial charge in [-0.2, -0.15) is 0 Å². The van der Waals surface area contributed by atoms with E-state index in [4.69, 9.17) is 0 Å². The second-order valence-electron chi connectivity index (χ2n) is 6.58. The van der Waals surface area contributed by atoms with Gasteiger partial charge in [0.05, 0.1) is 22.5 Å². The van der Waals surface area contributed by atoms with E-state index >= 15 is 0 Å². The Bertz CT molecular complexity index is 883. The molecule has 0 radical (unpaired) electrons. The Kier molecular flexibility index (Phi) is 8.88. The first-order valence-corrected chi connectivity index (χ1v) is 10.5. The van der Waals surface area contributed by atoms with Crippen LogP contribution in [0.5, 0.6) is 0 Å². The smallest absolute Gasteiger partial charge is 0.261 e. The zero-order valence-electron chi connectivity index (χ0n) is 18.1. The summed E-state index contributed by atoms with van der Waals surface area (Å²) < 4.78 is 0. The molecule has 0 fully saturated rings. The predicted octanol–water partition coefficient (Wildman–Crippen LogP) is 5.70. The van der Waals surface area contributed by atoms with Gasteiger partial charge in [-0.25, -0.2) is 0 Å². The molecule has 1 aliphatic heterocycles. The highest BCUT2D eigenvalue weighted by molar-refractivity contribution is 6.21. The number of carbonyl (C=O) groups is 2. The van der Waals surface area contributed by atoms with Crippen LogP contribution in [0.4, 0.5) is 11.4 Å². The molecule has 0 aliphatic carbocycles. The molecule has 5 heteroatoms. The molecule has 0 saturated heterocycles. The quantitative estimate of drug-likeness (QED) is 0.319. The largest absolute Gasteiger partial charge is 0.384 e. The SMILES string of the molecule is C=C(/C=C/CCCN1C(=O)c2ccccc2C1=O)Nc1ccccc1NCC.CC. The number of carbonyl (C=O) groups excluding carboxylic acids is 2. The molecular weight excluding hydrogens is 374 g/mol. The summed E-state index contributed by atoms with van der Waals surface area (Å²) in [4.78, 5) is 26.0. The summed E-state index contributed by atoms with van der Waals surface area (Å²) >= 11 is 0. The number of anilines is 2. The van der Waals surface area contributed by atoms with E-state index in [-0.39, 0.29) is 11.8 Å². The van der Waals surface area contributed by atoms with E-state index in [1.165, 1.54) is 4.90 Å². The second kappa shape index (κ2) is 11.6. The van der Waals surface area contributed by atoms with E-state index in [9.17, 15) is 9.59 Å². The molecule has 0 aromatic heterocycles. The number of unbranched alkanes of at least 4 members (excludes halogenated alkanes) is 1. The third-order valence-corrected chi connectivity index (χ3v) is 4.54. The van der Waals surface area contributed by atoms with E-state index in [2.05, 4.69) is 24.1 Å². The molecule has 3 rings (SSSR count). The number of imide groups is 1. The first-order chi connectivity index (χ1) is 14.6. The van der Waals surface area contributed by atoms with Crippen molar-refractivity contribution in [2.75, 3.05) is 23.7 Å². The summed E-state index contributed by atoms with van der Waals surface area (Å²) in [5.74, 6) is -0.397. The monoisotopic (exact) mass is 405 g/mol. The molecule has 0 saturated carbocycles. The number of rotatable bonds is 9. The van der Waals surface area contributed by atoms with Crippen molar-refractivity contribution >= 4 is 23.2 Å². The van der Waals surface area contributed by atoms with Gasteiger partial charge in [-0.15, -0.1) is 0 Å². The van der Waals surface area contributed by atoms with Gasteiger partial charge in [0, 0.05) is 18.8 Å². The molecule has 2 aromatic rings. The molecule has 0 unspecified atom stereocenters. The standard InChI is InChI=1S/C23H25N3O2.C2H6/c1-3-24-20-14-8-9-15-21(20)25-17(2)11-5-4-10-16-26-22(27)18-12-6-7-13-19(18)23(26)28;1-2/h5-9,11-15,24-25H,2-4,10,16H2,1H3;1-2H3/b11-5+;. The van der Waals surface area contributed by atoms with Crippen LogP contribution in [0.15, 0.2) is 73.0 Å². The van der Waals surface area contributed by atoms with Crippen LogP contribution in [-0.4, -0.2) is 29.8 Å². The number of benzene rings is 2. The minimum Gasteiger partial charge on any atom is -0.384 e. The number of fused-ring (bicyclic) bond motifs is 1. The highest BCUT2D eigenvalue weighted by atomic mass is 16.2. The van der Waals surface area contributed by atoms with Gasteiger partial charge in [-0.05, 0) is 50.1 Å². The van der Waals surface area contributed by atoms with Crippen LogP contribution >= 0.6 is 0 Å². The molecule has 1 heterocycles. The predicted molar refractivity (Wildman–Crippen MR) is 125 cm³/mol. The van der Waals surface area contributed by atoms with Crippen molar-refractivity contribution in [3.63, 3.8) is 0 Å². The molecular formula is C25H31N3O2. The fourth-order valence-corrected chi connectivity index (χ4v) is 3.19. The molecule has 0 atom stereocenters. The van der Waals surface area contributed by atoms with Crippen LogP contribution < -0.4 is 10.6 Å². The molecule has 2 amide bonds. The number of nitrogens with zero attached hydrogens (tertiary/aromatic N) is 1. The Morgan fingerprint density at radius 2 is 1.53 bits per heavy atom. The van der Waals surface area contributed by atoms with Crippen molar-refractivity contribution in [3.8, 4) is 0 Å². The molecule has 5 nitrogen and oxygen atoms in total. The molecule has 1 aliphatic rings. The Morgan fingerprint density at radius 1 is 0.967 bits per heavy atom. The topological polar surface area (TPSA) is 61.4 Å². The van der Waals surface area contributed by atoms with Crippen LogP contribution in [0.2, 0.25) is 0 Å². The molecule has 2 N–H and O–H groups in total. The molecule has 2 aromatic carbocycles. The highest BCUT2D eigenvalue weighted by Crippen LogP contribution is 2.23. The minimum atomic E-state index is -0.198. The normalized spacial score (nSPS) is 12.4. The van der Waals surface area contributed by atoms with Gasteiger partial charge in [0.1, 0.15) is 0 Å². The first-order valence-electron chi connectivity index (χ1n) is 10.5. The Labute approximate surface area is 179 Å². The fraction of sp³-hybridized carbons (Fsp3) is 0.280. The third kappa shape index (κ3) is 5.60. The maximum atomic E-state index is 12.3. The number of hydrogen-bond acceptors (Lipinski definition) is 4. The zero-order valence-corrected chi connectivity index (χ0v) is 18.1. The number of hydrogen-bond donors (Lipinski definition) is 2. The van der Waals surface area contributed by atoms with Crippen LogP contribution in [0.3, 0.4) is 0 Å². The average Bonchev–Trinajstić information content (AvgIpc) is 3.01. The number of allylic oxidation sites excluding steroid dienone is 2. The highest BCUT2D eigenvalue weighted by Gasteiger charge is 2.34. The van der Waals surface area contributed by atoms with Gasteiger partial charge in [0.15, 0.2) is 0 Å². The lowest BCUT2D eigenvalue weighted by Gasteiger charge is -2.13. The van der Waals surface area contributed by atoms with Crippen molar-refractivity contribution in [1.29, 1.82) is 0 Å². The lowest BCUT2D eigenvalue weighted by atomic mass is 10.1. The van der Waals surface area contributed by atoms with Gasteiger partial charge in [-0.3, -0.25) is 14.5 Å². The average molecular weight is 406 g/mol. The Hall–Kier alpha value is -3.34. The molecule has 30 heavy (non-hydrogen) atoms. The zero-order chi connectivity index (χ0) is 21.9. The summed E-state index contributed by atoms with van der Waals surface area (Å²) in [5.41, 5.74) is 3.79. The summed E-state index contributed by atoms with van der Waals surface area (Å²) in [6, 6.07) is 15.0. The van der Waals surface area contributed by atoms with E-state index in [0.29, 0.717) is 24.1 Å². The van der Waals surface area contributed by atoms with Gasteiger partial charge < -0.3 is 10.6 Å². The van der Waals surface area contributed by atoms with E-state index in [0.717, 1.165) is 30.0 Å². The second-order valence-corrected chi connectivity index (χ2v) is 6.58.